The lowest BCUT2D eigenvalue weighted by atomic mass is 10.1. The predicted octanol–water partition coefficient (Wildman–Crippen LogP) is 1.60. The molecule has 0 aromatic carbocycles. The molecule has 1 aromatic heterocycles. The molecule has 0 aliphatic heterocycles. The molecule has 0 bridgehead atoms. The van der Waals surface area contributed by atoms with Crippen LogP contribution >= 0.6 is 0 Å². The van der Waals surface area contributed by atoms with Gasteiger partial charge in [0.2, 0.25) is 0 Å². The topological polar surface area (TPSA) is 61.6 Å². The fourth-order valence-corrected chi connectivity index (χ4v) is 1.20. The van der Waals surface area contributed by atoms with E-state index in [0.29, 0.717) is 19.0 Å². The molecule has 1 rings (SSSR count). The van der Waals surface area contributed by atoms with Crippen molar-refractivity contribution in [2.24, 2.45) is 0 Å². The Labute approximate surface area is 100 Å². The molecule has 5 heteroatoms. The maximum absolute atomic E-state index is 11.3. The minimum absolute atomic E-state index is 0.0148. The van der Waals surface area contributed by atoms with Crippen LogP contribution in [0.25, 0.3) is 0 Å². The van der Waals surface area contributed by atoms with Gasteiger partial charge in [-0.25, -0.2) is 4.79 Å². The fraction of sp³-hybridized carbons (Fsp3) is 0.500. The van der Waals surface area contributed by atoms with Crippen LogP contribution in [0.2, 0.25) is 0 Å². The van der Waals surface area contributed by atoms with E-state index in [2.05, 4.69) is 11.1 Å². The second-order valence-corrected chi connectivity index (χ2v) is 3.46. The van der Waals surface area contributed by atoms with E-state index in [1.54, 1.807) is 13.0 Å². The molecule has 0 radical (unpaired) electrons. The zero-order chi connectivity index (χ0) is 12.7. The number of hydrogen-bond donors (Lipinski definition) is 0. The molecule has 0 spiro atoms. The van der Waals surface area contributed by atoms with Crippen molar-refractivity contribution in [3.05, 3.63) is 17.5 Å². The lowest BCUT2D eigenvalue weighted by Gasteiger charge is -2.05. The molecule has 1 atom stereocenters. The zero-order valence-corrected chi connectivity index (χ0v) is 9.93. The molecule has 0 aliphatic rings. The largest absolute Gasteiger partial charge is 0.461 e. The molecule has 0 saturated heterocycles. The molecule has 1 unspecified atom stereocenters. The molecular formula is C12H15NO4. The van der Waals surface area contributed by atoms with Crippen LogP contribution in [0.15, 0.2) is 10.6 Å². The third-order valence-corrected chi connectivity index (χ3v) is 2.05. The Balaban J connectivity index is 2.55. The molecule has 0 saturated carbocycles. The average molecular weight is 237 g/mol. The van der Waals surface area contributed by atoms with Gasteiger partial charge in [0.1, 0.15) is 12.4 Å². The van der Waals surface area contributed by atoms with Crippen molar-refractivity contribution in [2.45, 2.75) is 19.8 Å². The minimum atomic E-state index is -0.487. The van der Waals surface area contributed by atoms with Crippen LogP contribution in [0.3, 0.4) is 0 Å². The van der Waals surface area contributed by atoms with E-state index >= 15 is 0 Å². The van der Waals surface area contributed by atoms with Crippen LogP contribution in [-0.4, -0.2) is 30.9 Å². The van der Waals surface area contributed by atoms with Crippen LogP contribution in [-0.2, 0) is 9.47 Å². The van der Waals surface area contributed by atoms with Gasteiger partial charge in [0.05, 0.1) is 13.2 Å². The highest BCUT2D eigenvalue weighted by Crippen LogP contribution is 2.17. The average Bonchev–Trinajstić information content (AvgIpc) is 2.79. The highest BCUT2D eigenvalue weighted by Gasteiger charge is 2.17. The van der Waals surface area contributed by atoms with Gasteiger partial charge in [-0.2, -0.15) is 0 Å². The SMILES string of the molecule is C#CCOCC(C)c1cc(C(=O)OCC)no1. The van der Waals surface area contributed by atoms with Crippen molar-refractivity contribution in [1.29, 1.82) is 0 Å². The van der Waals surface area contributed by atoms with E-state index in [1.807, 2.05) is 6.92 Å². The maximum Gasteiger partial charge on any atom is 0.360 e. The summed E-state index contributed by atoms with van der Waals surface area (Å²) in [6.07, 6.45) is 5.06. The summed E-state index contributed by atoms with van der Waals surface area (Å²) < 4.78 is 15.0. The highest BCUT2D eigenvalue weighted by atomic mass is 16.5. The Bertz CT molecular complexity index is 405. The molecular weight excluding hydrogens is 222 g/mol. The lowest BCUT2D eigenvalue weighted by Crippen LogP contribution is -2.05. The molecule has 0 fully saturated rings. The van der Waals surface area contributed by atoms with E-state index in [1.165, 1.54) is 0 Å². The van der Waals surface area contributed by atoms with Gasteiger partial charge in [0.15, 0.2) is 5.69 Å². The van der Waals surface area contributed by atoms with Gasteiger partial charge in [-0.1, -0.05) is 18.0 Å². The minimum Gasteiger partial charge on any atom is -0.461 e. The van der Waals surface area contributed by atoms with E-state index in [-0.39, 0.29) is 18.2 Å². The first kappa shape index (κ1) is 13.3. The number of terminal acetylenes is 1. The second-order valence-electron chi connectivity index (χ2n) is 3.46. The van der Waals surface area contributed by atoms with Gasteiger partial charge in [-0.05, 0) is 6.92 Å². The predicted molar refractivity (Wildman–Crippen MR) is 60.5 cm³/mol. The van der Waals surface area contributed by atoms with Gasteiger partial charge in [0.25, 0.3) is 0 Å². The summed E-state index contributed by atoms with van der Waals surface area (Å²) in [6, 6.07) is 1.56. The normalized spacial score (nSPS) is 11.8. The van der Waals surface area contributed by atoms with Crippen molar-refractivity contribution < 1.29 is 18.8 Å². The Hall–Kier alpha value is -1.80. The van der Waals surface area contributed by atoms with E-state index < -0.39 is 5.97 Å². The van der Waals surface area contributed by atoms with Crippen LogP contribution in [0.5, 0.6) is 0 Å². The summed E-state index contributed by atoms with van der Waals surface area (Å²) in [5.74, 6) is 2.44. The van der Waals surface area contributed by atoms with Gasteiger partial charge in [0, 0.05) is 12.0 Å². The molecule has 0 amide bonds. The van der Waals surface area contributed by atoms with Gasteiger partial charge in [-0.3, -0.25) is 0 Å². The molecule has 5 nitrogen and oxygen atoms in total. The molecule has 0 N–H and O–H groups in total. The van der Waals surface area contributed by atoms with Crippen LogP contribution in [0.4, 0.5) is 0 Å². The quantitative estimate of drug-likeness (QED) is 0.427. The van der Waals surface area contributed by atoms with Gasteiger partial charge in [-0.15, -0.1) is 6.42 Å². The highest BCUT2D eigenvalue weighted by molar-refractivity contribution is 5.87. The molecule has 92 valence electrons. The molecule has 1 heterocycles. The van der Waals surface area contributed by atoms with Gasteiger partial charge < -0.3 is 14.0 Å². The fourth-order valence-electron chi connectivity index (χ4n) is 1.20. The van der Waals surface area contributed by atoms with Crippen LogP contribution < -0.4 is 0 Å². The summed E-state index contributed by atoms with van der Waals surface area (Å²) in [5.41, 5.74) is 0.172. The van der Waals surface area contributed by atoms with E-state index in [9.17, 15) is 4.79 Å². The lowest BCUT2D eigenvalue weighted by molar-refractivity contribution is 0.0514. The van der Waals surface area contributed by atoms with E-state index in [4.69, 9.17) is 20.4 Å². The van der Waals surface area contributed by atoms with E-state index in [0.717, 1.165) is 0 Å². The van der Waals surface area contributed by atoms with Crippen molar-refractivity contribution in [2.75, 3.05) is 19.8 Å². The summed E-state index contributed by atoms with van der Waals surface area (Å²) >= 11 is 0. The van der Waals surface area contributed by atoms with Crippen molar-refractivity contribution in [1.82, 2.24) is 5.16 Å². The number of aromatic nitrogens is 1. The summed E-state index contributed by atoms with van der Waals surface area (Å²) in [4.78, 5) is 11.3. The monoisotopic (exact) mass is 237 g/mol. The number of carbonyl (C=O) groups is 1. The Morgan fingerprint density at radius 1 is 1.71 bits per heavy atom. The first-order valence-corrected chi connectivity index (χ1v) is 5.34. The van der Waals surface area contributed by atoms with Crippen LogP contribution in [0, 0.1) is 12.3 Å². The smallest absolute Gasteiger partial charge is 0.360 e. The first-order chi connectivity index (χ1) is 8.19. The number of hydrogen-bond acceptors (Lipinski definition) is 5. The summed E-state index contributed by atoms with van der Waals surface area (Å²) in [5, 5.41) is 3.64. The Morgan fingerprint density at radius 2 is 2.47 bits per heavy atom. The van der Waals surface area contributed by atoms with Crippen molar-refractivity contribution in [3.8, 4) is 12.3 Å². The summed E-state index contributed by atoms with van der Waals surface area (Å²) in [7, 11) is 0. The number of carbonyl (C=O) groups excluding carboxylic acids is 1. The number of esters is 1. The first-order valence-electron chi connectivity index (χ1n) is 5.34. The summed E-state index contributed by atoms with van der Waals surface area (Å²) in [6.45, 7) is 4.61. The van der Waals surface area contributed by atoms with Crippen LogP contribution in [0.1, 0.15) is 36.0 Å². The second kappa shape index (κ2) is 6.71. The molecule has 0 aliphatic carbocycles. The maximum atomic E-state index is 11.3. The third-order valence-electron chi connectivity index (χ3n) is 2.05. The standard InChI is InChI=1S/C12H15NO4/c1-4-6-15-8-9(3)11-7-10(13-17-11)12(14)16-5-2/h1,7,9H,5-6,8H2,2-3H3. The van der Waals surface area contributed by atoms with Crippen molar-refractivity contribution in [3.63, 3.8) is 0 Å². The third kappa shape index (κ3) is 3.93. The number of ether oxygens (including phenoxy) is 2. The molecule has 1 aromatic rings. The number of rotatable bonds is 6. The Morgan fingerprint density at radius 3 is 3.12 bits per heavy atom. The van der Waals surface area contributed by atoms with Crippen molar-refractivity contribution >= 4 is 5.97 Å². The van der Waals surface area contributed by atoms with Gasteiger partial charge >= 0.3 is 5.97 Å². The Kier molecular flexibility index (Phi) is 5.24. The molecule has 17 heavy (non-hydrogen) atoms. The number of nitrogens with zero attached hydrogens (tertiary/aromatic N) is 1. The zero-order valence-electron chi connectivity index (χ0n) is 9.93.